The number of hydrogen-bond acceptors (Lipinski definition) is 19. The number of benzene rings is 8. The lowest BCUT2D eigenvalue weighted by molar-refractivity contribution is -0.114. The number of halogens is 3. The van der Waals surface area contributed by atoms with Gasteiger partial charge < -0.3 is 65.4 Å². The smallest absolute Gasteiger partial charge is 0.341 e. The van der Waals surface area contributed by atoms with Gasteiger partial charge in [0.1, 0.15) is 28.6 Å². The van der Waals surface area contributed by atoms with Gasteiger partial charge in [0.2, 0.25) is 5.91 Å². The van der Waals surface area contributed by atoms with E-state index in [1.54, 1.807) is 65.3 Å². The largest absolute Gasteiger partial charge is 0.496 e. The molecule has 0 unspecified atom stereocenters. The second-order valence-corrected chi connectivity index (χ2v) is 30.0. The molecule has 0 aliphatic rings. The molecular weight excluding hydrogens is 1570 g/mol. The average molecular weight is 1660 g/mol. The number of nitrogens with one attached hydrogen (secondary N) is 6. The molecule has 608 valence electrons. The first-order chi connectivity index (χ1) is 56.9. The zero-order chi connectivity index (χ0) is 85.1. The van der Waals surface area contributed by atoms with Gasteiger partial charge >= 0.3 is 5.97 Å². The number of fused-ring (bicyclic) bond motifs is 4. The number of esters is 1. The highest BCUT2D eigenvalue weighted by Crippen LogP contribution is 2.41. The first-order valence-corrected chi connectivity index (χ1v) is 40.0. The van der Waals surface area contributed by atoms with Crippen LogP contribution in [0.25, 0.3) is 63.0 Å². The summed E-state index contributed by atoms with van der Waals surface area (Å²) in [6.45, 7) is 46.0. The second-order valence-electron chi connectivity index (χ2n) is 27.4. The van der Waals surface area contributed by atoms with E-state index in [9.17, 15) is 9.59 Å². The van der Waals surface area contributed by atoms with Crippen molar-refractivity contribution in [1.29, 1.82) is 0 Å². The van der Waals surface area contributed by atoms with Gasteiger partial charge in [-0.25, -0.2) is 24.2 Å². The Morgan fingerprint density at radius 1 is 0.466 bits per heavy atom. The molecule has 4 aromatic heterocycles. The van der Waals surface area contributed by atoms with Crippen LogP contribution in [0.2, 0.25) is 15.1 Å². The number of likely N-dealkylation sites (N-methyl/N-ethyl adjacent to an activating group) is 1. The fraction of sp³-hybridized carbons (Fsp3) is 0.275. The summed E-state index contributed by atoms with van der Waals surface area (Å²) in [6, 6.07) is 39.5. The molecule has 0 spiro atoms. The van der Waals surface area contributed by atoms with Crippen molar-refractivity contribution < 1.29 is 33.3 Å². The van der Waals surface area contributed by atoms with E-state index in [4.69, 9.17) is 94.7 Å². The fourth-order valence-electron chi connectivity index (χ4n) is 12.9. The molecule has 12 aromatic rings. The number of nitrogens with zero attached hydrogens (tertiary/aromatic N) is 10. The van der Waals surface area contributed by atoms with Crippen molar-refractivity contribution >= 4 is 159 Å². The number of anilines is 6. The molecule has 118 heavy (non-hydrogen) atoms. The summed E-state index contributed by atoms with van der Waals surface area (Å²) in [5, 5.41) is 25.3. The van der Waals surface area contributed by atoms with E-state index in [2.05, 4.69) is 91.8 Å². The normalized spacial score (nSPS) is 10.7. The molecule has 0 radical (unpaired) electrons. The lowest BCUT2D eigenvalue weighted by atomic mass is 10.0. The zero-order valence-electron chi connectivity index (χ0n) is 68.6. The van der Waals surface area contributed by atoms with Gasteiger partial charge in [-0.05, 0) is 191 Å². The van der Waals surface area contributed by atoms with Crippen LogP contribution in [0.1, 0.15) is 89.5 Å². The number of hydrogen-bond donors (Lipinski definition) is 6. The number of thioether (sulfide) groups is 1. The highest BCUT2D eigenvalue weighted by atomic mass is 35.5. The van der Waals surface area contributed by atoms with E-state index in [1.165, 1.54) is 13.1 Å². The molecule has 4 heterocycles. The van der Waals surface area contributed by atoms with Gasteiger partial charge in [-0.1, -0.05) is 92.0 Å². The number of aryl methyl sites for hydroxylation is 3. The van der Waals surface area contributed by atoms with E-state index in [-0.39, 0.29) is 18.1 Å². The third-order valence-corrected chi connectivity index (χ3v) is 20.4. The summed E-state index contributed by atoms with van der Waals surface area (Å²) in [6.07, 6.45) is 8.85. The van der Waals surface area contributed by atoms with Crippen molar-refractivity contribution in [1.82, 2.24) is 29.7 Å². The van der Waals surface area contributed by atoms with Crippen molar-refractivity contribution in [2.75, 3.05) is 114 Å². The molecule has 0 saturated carbocycles. The van der Waals surface area contributed by atoms with Gasteiger partial charge in [0.25, 0.3) is 0 Å². The van der Waals surface area contributed by atoms with Gasteiger partial charge in [-0.15, -0.1) is 11.8 Å². The van der Waals surface area contributed by atoms with Crippen molar-refractivity contribution in [2.45, 2.75) is 92.0 Å². The van der Waals surface area contributed by atoms with Crippen LogP contribution in [0, 0.1) is 33.2 Å². The first kappa shape index (κ1) is 89.6. The molecule has 0 atom stereocenters. The van der Waals surface area contributed by atoms with Crippen molar-refractivity contribution in [3.8, 4) is 23.0 Å². The van der Waals surface area contributed by atoms with Gasteiger partial charge in [-0.2, -0.15) is 0 Å². The highest BCUT2D eigenvalue weighted by Gasteiger charge is 2.22. The number of carbonyl (C=O) groups is 2. The summed E-state index contributed by atoms with van der Waals surface area (Å²) in [4.78, 5) is 62.3. The molecule has 6 N–H and O–H groups in total. The summed E-state index contributed by atoms with van der Waals surface area (Å²) in [5.74, 6) is 2.89. The Labute approximate surface area is 709 Å². The van der Waals surface area contributed by atoms with Crippen molar-refractivity contribution in [3.63, 3.8) is 0 Å². The van der Waals surface area contributed by atoms with Crippen LogP contribution in [-0.4, -0.2) is 124 Å². The monoisotopic (exact) mass is 1660 g/mol. The molecule has 0 bridgehead atoms. The summed E-state index contributed by atoms with van der Waals surface area (Å²) in [7, 11) is 14.6. The number of amides is 1. The topological polar surface area (TPSA) is 228 Å². The second kappa shape index (κ2) is 43.6. The van der Waals surface area contributed by atoms with Crippen LogP contribution in [0.15, 0.2) is 157 Å². The Morgan fingerprint density at radius 2 is 0.898 bits per heavy atom. The number of ether oxygens (including phenoxy) is 5. The van der Waals surface area contributed by atoms with Crippen LogP contribution in [-0.2, 0) is 55.1 Å². The minimum atomic E-state index is -0.524. The quantitative estimate of drug-likeness (QED) is 0.0145. The maximum atomic E-state index is 12.6. The number of rotatable bonds is 29. The third-order valence-electron chi connectivity index (χ3n) is 18.7. The maximum Gasteiger partial charge on any atom is 0.341 e. The van der Waals surface area contributed by atoms with Crippen molar-refractivity contribution in [2.24, 2.45) is 0 Å². The predicted molar refractivity (Wildman–Crippen MR) is 483 cm³/mol. The van der Waals surface area contributed by atoms with Gasteiger partial charge in [0.05, 0.1) is 116 Å². The van der Waals surface area contributed by atoms with Crippen LogP contribution in [0.5, 0.6) is 23.0 Å². The third kappa shape index (κ3) is 23.3. The molecule has 0 saturated heterocycles. The van der Waals surface area contributed by atoms with E-state index in [1.807, 2.05) is 163 Å². The molecule has 1 amide bonds. The van der Waals surface area contributed by atoms with E-state index < -0.39 is 5.97 Å². The Bertz CT molecular complexity index is 5810. The van der Waals surface area contributed by atoms with Crippen LogP contribution >= 0.6 is 46.6 Å². The minimum Gasteiger partial charge on any atom is -0.496 e. The average Bonchev–Trinajstić information content (AvgIpc) is 0.792. The summed E-state index contributed by atoms with van der Waals surface area (Å²) >= 11 is 20.5. The van der Waals surface area contributed by atoms with Gasteiger partial charge in [0, 0.05) is 127 Å². The van der Waals surface area contributed by atoms with Crippen LogP contribution in [0.4, 0.5) is 56.9 Å². The van der Waals surface area contributed by atoms with Crippen LogP contribution in [0.3, 0.4) is 0 Å². The Kier molecular flexibility index (Phi) is 33.1. The Hall–Kier alpha value is -12.4. The first-order valence-electron chi connectivity index (χ1n) is 37.9. The molecule has 12 rings (SSSR count). The van der Waals surface area contributed by atoms with Crippen molar-refractivity contribution in [3.05, 3.63) is 263 Å². The number of aromatic nitrogens is 4. The summed E-state index contributed by atoms with van der Waals surface area (Å²) in [5.41, 5.74) is 18.7. The maximum absolute atomic E-state index is 12.6. The Balaban J connectivity index is 0.000000180. The van der Waals surface area contributed by atoms with Crippen LogP contribution < -0.4 is 50.8 Å². The molecular formula is C91H95Cl3N16O7S. The minimum absolute atomic E-state index is 0.215. The van der Waals surface area contributed by atoms with E-state index in [0.29, 0.717) is 104 Å². The van der Waals surface area contributed by atoms with Gasteiger partial charge in [0.15, 0.2) is 22.7 Å². The fourth-order valence-corrected chi connectivity index (χ4v) is 14.6. The number of carbonyl (C=O) groups excluding carboxylic acids is 2. The standard InChI is InChI=1S/C24H28ClN5O.C24H24N4O4.C22H22ClN3OS.C21H21ClN4O/c1-6-17-15-29-24-19(12-18(26-2)13-21(24)27-9-10-30(3)4)23(17)28-14-16-7-8-22(31-5)20(25)11-16;1-6-32-24(30)19-13-27-23-18(10-17(25-4)11-20(23)28-15(3)29)22(19)26-12-16-7-8-21(31-5)14(2)9-16;1-5-15-13-26-22-17(10-16(24-3)11-20(22)28-6-2)21(15)25-12-14-7-8-19(27-4)18(23)9-14;1-23-16-6-7-19-17(10-16)21(15(12-24-19)13-26(2)3)25-11-14-5-8-20(27-4)18(22)9-14/h7-8,11-13,15,27H,6,9-10,14H2,1,3-5H3,(H,28,29);7-11,13H,6,12H2,1-3,5H3,(H,26,27)(H,28,29);7-11,13H,5-6,12H2,1-2,4H3,(H,25,26);5-10,12H,11,13H2,2-4H3,(H,24,25). The lowest BCUT2D eigenvalue weighted by Gasteiger charge is -2.18. The number of pyridine rings is 4. The molecule has 27 heteroatoms. The zero-order valence-corrected chi connectivity index (χ0v) is 71.7. The highest BCUT2D eigenvalue weighted by molar-refractivity contribution is 7.99. The molecule has 8 aromatic carbocycles. The van der Waals surface area contributed by atoms with Gasteiger partial charge in [-0.3, -0.25) is 24.7 Å². The molecule has 23 nitrogen and oxygen atoms in total. The molecule has 0 aliphatic carbocycles. The van der Waals surface area contributed by atoms with E-state index in [0.717, 1.165) is 149 Å². The predicted octanol–water partition coefficient (Wildman–Crippen LogP) is 22.3. The SMILES string of the molecule is [C-]#[N+]c1cc(NC(C)=O)c2ncc(C(=O)OCC)c(NCc3ccc(OC)c(C)c3)c2c1.[C-]#[N+]c1cc(NCCN(C)C)c2ncc(CC)c(NCc3ccc(OC)c(Cl)c3)c2c1.[C-]#[N+]c1cc(SCC)c2ncc(CC)c(NCc3ccc(OC)c(Cl)c3)c2c1.[C-]#[N+]c1ccc2ncc(CN(C)C)c(NCc3ccc(OC)c(Cl)c3)c2c1. The number of methoxy groups -OCH3 is 4. The Morgan fingerprint density at radius 3 is 1.36 bits per heavy atom. The lowest BCUT2D eigenvalue weighted by Crippen LogP contribution is -2.20. The molecule has 0 fully saturated rings. The summed E-state index contributed by atoms with van der Waals surface area (Å²) < 4.78 is 26.2. The molecule has 0 aliphatic heterocycles. The van der Waals surface area contributed by atoms with E-state index >= 15 is 0 Å².